The van der Waals surface area contributed by atoms with Gasteiger partial charge in [0, 0.05) is 11.5 Å². The highest BCUT2D eigenvalue weighted by Crippen LogP contribution is 2.31. The Balaban J connectivity index is 1.70. The van der Waals surface area contributed by atoms with Gasteiger partial charge in [0.1, 0.15) is 0 Å². The van der Waals surface area contributed by atoms with Crippen molar-refractivity contribution in [2.24, 2.45) is 11.8 Å². The lowest BCUT2D eigenvalue weighted by Gasteiger charge is -2.25. The summed E-state index contributed by atoms with van der Waals surface area (Å²) in [5.74, 6) is 5.92. The summed E-state index contributed by atoms with van der Waals surface area (Å²) in [5, 5.41) is 0. The van der Waals surface area contributed by atoms with Crippen LogP contribution in [0.4, 0.5) is 8.78 Å². The smallest absolute Gasteiger partial charge is 0.160 e. The van der Waals surface area contributed by atoms with Crippen molar-refractivity contribution in [3.8, 4) is 11.8 Å². The van der Waals surface area contributed by atoms with Crippen molar-refractivity contribution in [3.63, 3.8) is 0 Å². The molecule has 2 rings (SSSR count). The molecule has 1 aromatic carbocycles. The molecule has 0 atom stereocenters. The number of hydrogen-bond donors (Lipinski definition) is 0. The fraction of sp³-hybridized carbons (Fsp3) is 0.619. The van der Waals surface area contributed by atoms with Crippen LogP contribution in [0.2, 0.25) is 0 Å². The van der Waals surface area contributed by atoms with Crippen molar-refractivity contribution in [1.82, 2.24) is 0 Å². The summed E-state index contributed by atoms with van der Waals surface area (Å²) in [7, 11) is 0. The summed E-state index contributed by atoms with van der Waals surface area (Å²) in [5.41, 5.74) is 0.571. The number of rotatable bonds is 6. The van der Waals surface area contributed by atoms with Gasteiger partial charge in [0.15, 0.2) is 11.6 Å². The first kappa shape index (κ1) is 18.0. The van der Waals surface area contributed by atoms with E-state index < -0.39 is 11.6 Å². The third-order valence-corrected chi connectivity index (χ3v) is 4.90. The van der Waals surface area contributed by atoms with E-state index in [1.807, 2.05) is 0 Å². The molecular weight excluding hydrogens is 290 g/mol. The zero-order valence-corrected chi connectivity index (χ0v) is 14.2. The normalized spacial score (nSPS) is 20.8. The highest BCUT2D eigenvalue weighted by atomic mass is 19.2. The maximum Gasteiger partial charge on any atom is 0.160 e. The molecule has 0 saturated heterocycles. The molecule has 1 aromatic rings. The molecule has 1 fully saturated rings. The lowest BCUT2D eigenvalue weighted by Crippen LogP contribution is -2.13. The summed E-state index contributed by atoms with van der Waals surface area (Å²) in [6.07, 6.45) is 13.0. The maximum absolute atomic E-state index is 13.1. The third kappa shape index (κ3) is 6.34. The Labute approximate surface area is 139 Å². The first-order valence-corrected chi connectivity index (χ1v) is 9.15. The van der Waals surface area contributed by atoms with Crippen molar-refractivity contribution >= 4 is 0 Å². The van der Waals surface area contributed by atoms with Gasteiger partial charge < -0.3 is 0 Å². The zero-order valence-electron chi connectivity index (χ0n) is 14.2. The number of benzene rings is 1. The molecule has 2 heteroatoms. The van der Waals surface area contributed by atoms with E-state index in [1.165, 1.54) is 57.4 Å². The van der Waals surface area contributed by atoms with E-state index in [1.54, 1.807) is 6.07 Å². The SMILES string of the molecule is CCCCCCCC1CCC(C#Cc2ccc(F)c(F)c2)CC1. The van der Waals surface area contributed by atoms with Crippen molar-refractivity contribution in [3.05, 3.63) is 35.4 Å². The summed E-state index contributed by atoms with van der Waals surface area (Å²) in [6, 6.07) is 3.88. The van der Waals surface area contributed by atoms with Crippen LogP contribution in [0.5, 0.6) is 0 Å². The second kappa shape index (κ2) is 9.71. The summed E-state index contributed by atoms with van der Waals surface area (Å²) < 4.78 is 26.0. The lowest BCUT2D eigenvalue weighted by molar-refractivity contribution is 0.294. The van der Waals surface area contributed by atoms with Gasteiger partial charge in [-0.1, -0.05) is 57.3 Å². The lowest BCUT2D eigenvalue weighted by atomic mass is 9.80. The fourth-order valence-electron chi connectivity index (χ4n) is 3.39. The van der Waals surface area contributed by atoms with Crippen molar-refractivity contribution in [2.45, 2.75) is 71.1 Å². The Morgan fingerprint density at radius 1 is 0.957 bits per heavy atom. The van der Waals surface area contributed by atoms with E-state index in [0.29, 0.717) is 11.5 Å². The van der Waals surface area contributed by atoms with Gasteiger partial charge in [-0.05, 0) is 49.8 Å². The Morgan fingerprint density at radius 2 is 1.70 bits per heavy atom. The molecule has 0 bridgehead atoms. The Morgan fingerprint density at radius 3 is 2.39 bits per heavy atom. The van der Waals surface area contributed by atoms with Gasteiger partial charge in [-0.2, -0.15) is 0 Å². The molecule has 0 unspecified atom stereocenters. The van der Waals surface area contributed by atoms with E-state index >= 15 is 0 Å². The van der Waals surface area contributed by atoms with Crippen LogP contribution in [0.15, 0.2) is 18.2 Å². The molecule has 0 amide bonds. The van der Waals surface area contributed by atoms with Crippen LogP contribution in [0.25, 0.3) is 0 Å². The first-order chi connectivity index (χ1) is 11.2. The van der Waals surface area contributed by atoms with Crippen LogP contribution >= 0.6 is 0 Å². The Kier molecular flexibility index (Phi) is 7.59. The molecule has 0 spiro atoms. The minimum Gasteiger partial charge on any atom is -0.204 e. The third-order valence-electron chi connectivity index (χ3n) is 4.90. The maximum atomic E-state index is 13.1. The number of hydrogen-bond acceptors (Lipinski definition) is 0. The van der Waals surface area contributed by atoms with Crippen LogP contribution in [0, 0.1) is 35.3 Å². The van der Waals surface area contributed by atoms with Crippen LogP contribution in [0.3, 0.4) is 0 Å². The zero-order chi connectivity index (χ0) is 16.5. The second-order valence-corrected chi connectivity index (χ2v) is 6.82. The van der Waals surface area contributed by atoms with E-state index in [-0.39, 0.29) is 0 Å². The minimum atomic E-state index is -0.816. The van der Waals surface area contributed by atoms with Crippen molar-refractivity contribution < 1.29 is 8.78 Å². The molecule has 0 N–H and O–H groups in total. The van der Waals surface area contributed by atoms with E-state index in [2.05, 4.69) is 18.8 Å². The molecule has 126 valence electrons. The number of unbranched alkanes of at least 4 members (excludes halogenated alkanes) is 4. The molecular formula is C21H28F2. The Bertz CT molecular complexity index is 531. The van der Waals surface area contributed by atoms with Crippen molar-refractivity contribution in [2.75, 3.05) is 0 Å². The van der Waals surface area contributed by atoms with Crippen LogP contribution in [-0.4, -0.2) is 0 Å². The fourth-order valence-corrected chi connectivity index (χ4v) is 3.39. The van der Waals surface area contributed by atoms with Gasteiger partial charge in [-0.15, -0.1) is 0 Å². The molecule has 1 aliphatic rings. The first-order valence-electron chi connectivity index (χ1n) is 9.15. The van der Waals surface area contributed by atoms with E-state index in [4.69, 9.17) is 0 Å². The van der Waals surface area contributed by atoms with E-state index in [0.717, 1.165) is 24.8 Å². The quantitative estimate of drug-likeness (QED) is 0.416. The molecule has 0 aromatic heterocycles. The number of halogens is 2. The van der Waals surface area contributed by atoms with Gasteiger partial charge in [-0.25, -0.2) is 8.78 Å². The highest BCUT2D eigenvalue weighted by Gasteiger charge is 2.19. The second-order valence-electron chi connectivity index (χ2n) is 6.82. The minimum absolute atomic E-state index is 0.416. The molecule has 0 radical (unpaired) electrons. The van der Waals surface area contributed by atoms with Gasteiger partial charge in [0.05, 0.1) is 0 Å². The van der Waals surface area contributed by atoms with Crippen LogP contribution in [0.1, 0.15) is 76.7 Å². The molecule has 23 heavy (non-hydrogen) atoms. The molecule has 0 nitrogen and oxygen atoms in total. The molecule has 1 aliphatic carbocycles. The topological polar surface area (TPSA) is 0 Å². The molecule has 0 heterocycles. The van der Waals surface area contributed by atoms with E-state index in [9.17, 15) is 8.78 Å². The predicted molar refractivity (Wildman–Crippen MR) is 92.1 cm³/mol. The van der Waals surface area contributed by atoms with Gasteiger partial charge in [0.2, 0.25) is 0 Å². The van der Waals surface area contributed by atoms with Gasteiger partial charge in [0.25, 0.3) is 0 Å². The molecule has 0 aliphatic heterocycles. The summed E-state index contributed by atoms with van der Waals surface area (Å²) in [4.78, 5) is 0. The molecule has 1 saturated carbocycles. The standard InChI is InChI=1S/C21H28F2/c1-2-3-4-5-6-7-17-8-10-18(11-9-17)12-13-19-14-15-20(22)21(23)16-19/h14-18H,2-11H2,1H3. The predicted octanol–water partition coefficient (Wildman–Crippen LogP) is 6.48. The van der Waals surface area contributed by atoms with Crippen LogP contribution < -0.4 is 0 Å². The average Bonchev–Trinajstić information content (AvgIpc) is 2.57. The summed E-state index contributed by atoms with van der Waals surface area (Å²) in [6.45, 7) is 2.25. The van der Waals surface area contributed by atoms with Gasteiger partial charge >= 0.3 is 0 Å². The van der Waals surface area contributed by atoms with Gasteiger partial charge in [-0.3, -0.25) is 0 Å². The summed E-state index contributed by atoms with van der Waals surface area (Å²) >= 11 is 0. The van der Waals surface area contributed by atoms with Crippen molar-refractivity contribution in [1.29, 1.82) is 0 Å². The highest BCUT2D eigenvalue weighted by molar-refractivity contribution is 5.35. The largest absolute Gasteiger partial charge is 0.204 e. The van der Waals surface area contributed by atoms with Crippen LogP contribution in [-0.2, 0) is 0 Å². The average molecular weight is 318 g/mol. The monoisotopic (exact) mass is 318 g/mol. The Hall–Kier alpha value is -1.36.